The van der Waals surface area contributed by atoms with Gasteiger partial charge in [0.15, 0.2) is 0 Å². The summed E-state index contributed by atoms with van der Waals surface area (Å²) in [5, 5.41) is 3.36. The van der Waals surface area contributed by atoms with Crippen molar-refractivity contribution >= 4 is 23.4 Å². The van der Waals surface area contributed by atoms with Gasteiger partial charge in [-0.15, -0.1) is 0 Å². The maximum Gasteiger partial charge on any atom is 0.270 e. The Kier molecular flexibility index (Phi) is 5.65. The Morgan fingerprint density at radius 3 is 2.83 bits per heavy atom. The second-order valence-electron chi connectivity index (χ2n) is 6.03. The van der Waals surface area contributed by atoms with E-state index in [1.807, 2.05) is 4.90 Å². The number of halogens is 1. The smallest absolute Gasteiger partial charge is 0.270 e. The van der Waals surface area contributed by atoms with E-state index in [0.717, 1.165) is 32.8 Å². The van der Waals surface area contributed by atoms with Crippen molar-refractivity contribution < 1.29 is 14.3 Å². The number of likely N-dealkylation sites (tertiary alicyclic amines) is 1. The average Bonchev–Trinajstić information content (AvgIpc) is 2.94. The zero-order chi connectivity index (χ0) is 16.9. The molecule has 0 aromatic carbocycles. The van der Waals surface area contributed by atoms with Crippen molar-refractivity contribution in [1.82, 2.24) is 20.1 Å². The summed E-state index contributed by atoms with van der Waals surface area (Å²) in [7, 11) is 0. The van der Waals surface area contributed by atoms with E-state index in [0.29, 0.717) is 30.2 Å². The van der Waals surface area contributed by atoms with E-state index >= 15 is 0 Å². The van der Waals surface area contributed by atoms with Crippen LogP contribution in [0.4, 0.5) is 0 Å². The second kappa shape index (κ2) is 7.92. The highest BCUT2D eigenvalue weighted by Gasteiger charge is 2.31. The van der Waals surface area contributed by atoms with Crippen molar-refractivity contribution in [3.8, 4) is 0 Å². The number of carbonyl (C=O) groups excluding carboxylic acids is 2. The first-order valence-corrected chi connectivity index (χ1v) is 8.50. The van der Waals surface area contributed by atoms with E-state index < -0.39 is 0 Å². The maximum atomic E-state index is 12.2. The molecule has 3 heterocycles. The maximum absolute atomic E-state index is 12.2. The molecule has 2 aliphatic rings. The first-order chi connectivity index (χ1) is 11.6. The summed E-state index contributed by atoms with van der Waals surface area (Å²) < 4.78 is 5.32. The molecule has 1 N–H and O–H groups in total. The summed E-state index contributed by atoms with van der Waals surface area (Å²) in [6, 6.07) is 3.02. The van der Waals surface area contributed by atoms with Crippen LogP contribution in [0.1, 0.15) is 16.9 Å². The van der Waals surface area contributed by atoms with Gasteiger partial charge in [-0.1, -0.05) is 11.6 Å². The minimum Gasteiger partial charge on any atom is -0.379 e. The Hall–Kier alpha value is -1.70. The van der Waals surface area contributed by atoms with E-state index in [2.05, 4.69) is 15.2 Å². The van der Waals surface area contributed by atoms with Gasteiger partial charge in [0.25, 0.3) is 5.91 Å². The van der Waals surface area contributed by atoms with Crippen LogP contribution in [0.3, 0.4) is 0 Å². The molecule has 7 nitrogen and oxygen atoms in total. The fourth-order valence-corrected chi connectivity index (χ4v) is 3.05. The summed E-state index contributed by atoms with van der Waals surface area (Å²) in [4.78, 5) is 32.4. The third-order valence-corrected chi connectivity index (χ3v) is 4.52. The Bertz CT molecular complexity index is 589. The van der Waals surface area contributed by atoms with Gasteiger partial charge in [0.2, 0.25) is 5.91 Å². The van der Waals surface area contributed by atoms with Gasteiger partial charge in [-0.05, 0) is 12.1 Å². The lowest BCUT2D eigenvalue weighted by Gasteiger charge is -2.28. The summed E-state index contributed by atoms with van der Waals surface area (Å²) in [6.45, 7) is 5.39. The molecule has 2 fully saturated rings. The van der Waals surface area contributed by atoms with Crippen LogP contribution in [0.15, 0.2) is 18.3 Å². The second-order valence-corrected chi connectivity index (χ2v) is 6.47. The van der Waals surface area contributed by atoms with Crippen LogP contribution >= 0.6 is 11.6 Å². The molecule has 0 aliphatic carbocycles. The minimum atomic E-state index is -0.278. The zero-order valence-electron chi connectivity index (χ0n) is 13.4. The Labute approximate surface area is 145 Å². The third kappa shape index (κ3) is 4.43. The van der Waals surface area contributed by atoms with Gasteiger partial charge in [0.05, 0.1) is 24.3 Å². The highest BCUT2D eigenvalue weighted by molar-refractivity contribution is 6.30. The van der Waals surface area contributed by atoms with Crippen molar-refractivity contribution in [1.29, 1.82) is 0 Å². The number of hydrogen-bond acceptors (Lipinski definition) is 5. The van der Waals surface area contributed by atoms with Gasteiger partial charge in [0, 0.05) is 45.3 Å². The standard InChI is InChI=1S/C16H21ClN4O3/c17-12-1-2-14(18-10-12)16(23)19-13-9-15(22)21(11-13)4-3-20-5-7-24-8-6-20/h1-2,10,13H,3-9,11H2,(H,19,23). The fraction of sp³-hybridized carbons (Fsp3) is 0.562. The Morgan fingerprint density at radius 2 is 2.12 bits per heavy atom. The number of amides is 2. The molecule has 3 rings (SSSR count). The van der Waals surface area contributed by atoms with Crippen LogP contribution in [-0.4, -0.2) is 78.6 Å². The van der Waals surface area contributed by atoms with Crippen LogP contribution in [0.25, 0.3) is 0 Å². The van der Waals surface area contributed by atoms with Crippen molar-refractivity contribution in [2.75, 3.05) is 45.9 Å². The van der Waals surface area contributed by atoms with Gasteiger partial charge in [-0.3, -0.25) is 14.5 Å². The first-order valence-electron chi connectivity index (χ1n) is 8.12. The van der Waals surface area contributed by atoms with E-state index in [1.54, 1.807) is 12.1 Å². The summed E-state index contributed by atoms with van der Waals surface area (Å²) in [5.74, 6) is -0.197. The van der Waals surface area contributed by atoms with Gasteiger partial charge in [0.1, 0.15) is 5.69 Å². The number of aromatic nitrogens is 1. The minimum absolute atomic E-state index is 0.0811. The molecule has 0 spiro atoms. The van der Waals surface area contributed by atoms with Crippen LogP contribution in [0.2, 0.25) is 5.02 Å². The molecule has 2 saturated heterocycles. The number of rotatable bonds is 5. The number of nitrogens with zero attached hydrogens (tertiary/aromatic N) is 3. The topological polar surface area (TPSA) is 74.8 Å². The Morgan fingerprint density at radius 1 is 1.33 bits per heavy atom. The molecule has 0 bridgehead atoms. The number of hydrogen-bond donors (Lipinski definition) is 1. The van der Waals surface area contributed by atoms with Gasteiger partial charge in [-0.25, -0.2) is 4.98 Å². The predicted molar refractivity (Wildman–Crippen MR) is 89.0 cm³/mol. The normalized spacial score (nSPS) is 22.0. The van der Waals surface area contributed by atoms with Crippen LogP contribution in [-0.2, 0) is 9.53 Å². The molecule has 1 aromatic rings. The number of ether oxygens (including phenoxy) is 1. The van der Waals surface area contributed by atoms with Gasteiger partial charge in [-0.2, -0.15) is 0 Å². The molecule has 8 heteroatoms. The number of nitrogens with one attached hydrogen (secondary N) is 1. The van der Waals surface area contributed by atoms with Gasteiger partial charge < -0.3 is 15.0 Å². The molecule has 0 saturated carbocycles. The summed E-state index contributed by atoms with van der Waals surface area (Å²) in [6.07, 6.45) is 1.77. The molecule has 2 aliphatic heterocycles. The van der Waals surface area contributed by atoms with Crippen LogP contribution in [0.5, 0.6) is 0 Å². The average molecular weight is 353 g/mol. The lowest BCUT2D eigenvalue weighted by molar-refractivity contribution is -0.128. The summed E-state index contributed by atoms with van der Waals surface area (Å²) in [5.41, 5.74) is 0.304. The van der Waals surface area contributed by atoms with Crippen molar-refractivity contribution in [2.45, 2.75) is 12.5 Å². The fourth-order valence-electron chi connectivity index (χ4n) is 2.94. The number of carbonyl (C=O) groups is 2. The molecule has 1 aromatic heterocycles. The predicted octanol–water partition coefficient (Wildman–Crippen LogP) is 0.398. The highest BCUT2D eigenvalue weighted by Crippen LogP contribution is 2.13. The lowest BCUT2D eigenvalue weighted by atomic mass is 10.2. The molecule has 1 unspecified atom stereocenters. The molecule has 2 amide bonds. The third-order valence-electron chi connectivity index (χ3n) is 4.30. The monoisotopic (exact) mass is 352 g/mol. The first kappa shape index (κ1) is 17.1. The largest absolute Gasteiger partial charge is 0.379 e. The number of morpholine rings is 1. The quantitative estimate of drug-likeness (QED) is 0.830. The molecule has 0 radical (unpaired) electrons. The molecule has 130 valence electrons. The lowest BCUT2D eigenvalue weighted by Crippen LogP contribution is -2.43. The SMILES string of the molecule is O=C(NC1CC(=O)N(CCN2CCOCC2)C1)c1ccc(Cl)cn1. The van der Waals surface area contributed by atoms with Crippen molar-refractivity contribution in [2.24, 2.45) is 0 Å². The molecular formula is C16H21ClN4O3. The highest BCUT2D eigenvalue weighted by atomic mass is 35.5. The molecular weight excluding hydrogens is 332 g/mol. The van der Waals surface area contributed by atoms with E-state index in [1.165, 1.54) is 6.20 Å². The summed E-state index contributed by atoms with van der Waals surface area (Å²) >= 11 is 5.77. The van der Waals surface area contributed by atoms with Gasteiger partial charge >= 0.3 is 0 Å². The van der Waals surface area contributed by atoms with Crippen LogP contribution < -0.4 is 5.32 Å². The van der Waals surface area contributed by atoms with Crippen molar-refractivity contribution in [3.05, 3.63) is 29.0 Å². The zero-order valence-corrected chi connectivity index (χ0v) is 14.2. The van der Waals surface area contributed by atoms with E-state index in [-0.39, 0.29) is 17.9 Å². The van der Waals surface area contributed by atoms with E-state index in [4.69, 9.17) is 16.3 Å². The Balaban J connectivity index is 1.47. The van der Waals surface area contributed by atoms with E-state index in [9.17, 15) is 9.59 Å². The molecule has 1 atom stereocenters. The van der Waals surface area contributed by atoms with Crippen molar-refractivity contribution in [3.63, 3.8) is 0 Å². The van der Waals surface area contributed by atoms with Crippen LogP contribution in [0, 0.1) is 0 Å². The number of pyridine rings is 1. The molecule has 24 heavy (non-hydrogen) atoms.